The molecule has 1 N–H and O–H groups in total. The summed E-state index contributed by atoms with van der Waals surface area (Å²) >= 11 is 1.46. The van der Waals surface area contributed by atoms with Crippen molar-refractivity contribution in [2.75, 3.05) is 26.6 Å². The van der Waals surface area contributed by atoms with Gasteiger partial charge in [-0.3, -0.25) is 4.79 Å². The molecule has 29 heavy (non-hydrogen) atoms. The summed E-state index contributed by atoms with van der Waals surface area (Å²) in [5, 5.41) is 3.48. The van der Waals surface area contributed by atoms with Crippen molar-refractivity contribution in [3.05, 3.63) is 52.4 Å². The molecule has 152 valence electrons. The Hall–Kier alpha value is -3.06. The van der Waals surface area contributed by atoms with Crippen LogP contribution in [0.25, 0.3) is 11.3 Å². The number of nitrogens with zero attached hydrogens (tertiary/aromatic N) is 1. The minimum absolute atomic E-state index is 0.136. The van der Waals surface area contributed by atoms with Crippen LogP contribution in [0.1, 0.15) is 16.0 Å². The van der Waals surface area contributed by atoms with Crippen molar-refractivity contribution in [1.29, 1.82) is 0 Å². The number of aryl methyl sites for hydroxylation is 2. The third-order valence-corrected chi connectivity index (χ3v) is 5.41. The number of hydrogen-bond acceptors (Lipinski definition) is 6. The highest BCUT2D eigenvalue weighted by Crippen LogP contribution is 2.33. The van der Waals surface area contributed by atoms with E-state index in [9.17, 15) is 4.79 Å². The molecule has 1 heterocycles. The summed E-state index contributed by atoms with van der Waals surface area (Å²) in [7, 11) is 4.81. The number of ether oxygens (including phenoxy) is 3. The average Bonchev–Trinajstić information content (AvgIpc) is 3.07. The maximum absolute atomic E-state index is 12.5. The van der Waals surface area contributed by atoms with Crippen LogP contribution in [0.3, 0.4) is 0 Å². The number of rotatable bonds is 7. The molecule has 0 radical (unpaired) electrons. The van der Waals surface area contributed by atoms with Gasteiger partial charge in [-0.1, -0.05) is 6.07 Å². The van der Waals surface area contributed by atoms with E-state index in [-0.39, 0.29) is 12.3 Å². The molecular formula is C22H24N2O4S. The first-order valence-corrected chi connectivity index (χ1v) is 9.90. The number of aromatic nitrogens is 1. The van der Waals surface area contributed by atoms with E-state index in [0.29, 0.717) is 16.6 Å². The highest BCUT2D eigenvalue weighted by Gasteiger charge is 2.14. The fraction of sp³-hybridized carbons (Fsp3) is 0.273. The van der Waals surface area contributed by atoms with E-state index in [1.807, 2.05) is 38.1 Å². The summed E-state index contributed by atoms with van der Waals surface area (Å²) in [5.41, 5.74) is 3.73. The first kappa shape index (κ1) is 20.7. The average molecular weight is 413 g/mol. The van der Waals surface area contributed by atoms with Crippen molar-refractivity contribution in [1.82, 2.24) is 4.98 Å². The van der Waals surface area contributed by atoms with E-state index in [1.54, 1.807) is 33.5 Å². The van der Waals surface area contributed by atoms with Crippen LogP contribution >= 0.6 is 11.3 Å². The fourth-order valence-corrected chi connectivity index (χ4v) is 3.93. The maximum Gasteiger partial charge on any atom is 0.230 e. The Morgan fingerprint density at radius 2 is 1.66 bits per heavy atom. The molecule has 7 heteroatoms. The van der Waals surface area contributed by atoms with Gasteiger partial charge in [0.1, 0.15) is 5.75 Å². The Bertz CT molecular complexity index is 1030. The molecule has 0 spiro atoms. The van der Waals surface area contributed by atoms with E-state index >= 15 is 0 Å². The number of methoxy groups -OCH3 is 3. The lowest BCUT2D eigenvalue weighted by Gasteiger charge is -2.09. The molecule has 1 aromatic heterocycles. The van der Waals surface area contributed by atoms with Crippen molar-refractivity contribution in [3.8, 4) is 28.5 Å². The third kappa shape index (κ3) is 4.68. The van der Waals surface area contributed by atoms with E-state index in [2.05, 4.69) is 10.3 Å². The minimum atomic E-state index is -0.136. The van der Waals surface area contributed by atoms with Crippen molar-refractivity contribution in [2.45, 2.75) is 20.3 Å². The molecule has 0 saturated carbocycles. The van der Waals surface area contributed by atoms with E-state index in [0.717, 1.165) is 33.0 Å². The Balaban J connectivity index is 1.73. The van der Waals surface area contributed by atoms with Gasteiger partial charge in [0.25, 0.3) is 0 Å². The standard InChI is InChI=1S/C22H24N2O4S/c1-13-10-16(7-9-17(13)26-3)21-14(2)29-22(24-21)23-20(25)12-15-6-8-18(27-4)19(11-15)28-5/h6-11H,12H2,1-5H3,(H,23,24,25). The summed E-state index contributed by atoms with van der Waals surface area (Å²) < 4.78 is 15.8. The van der Waals surface area contributed by atoms with Gasteiger partial charge in [-0.15, -0.1) is 11.3 Å². The predicted octanol–water partition coefficient (Wildman–Crippen LogP) is 4.63. The highest BCUT2D eigenvalue weighted by atomic mass is 32.1. The first-order valence-electron chi connectivity index (χ1n) is 9.08. The fourth-order valence-electron chi connectivity index (χ4n) is 3.08. The molecule has 6 nitrogen and oxygen atoms in total. The second kappa shape index (κ2) is 8.96. The topological polar surface area (TPSA) is 69.7 Å². The molecule has 3 rings (SSSR count). The zero-order chi connectivity index (χ0) is 21.0. The molecule has 0 aliphatic rings. The Labute approximate surface area is 174 Å². The molecule has 0 bridgehead atoms. The van der Waals surface area contributed by atoms with Crippen molar-refractivity contribution < 1.29 is 19.0 Å². The molecule has 1 amide bonds. The van der Waals surface area contributed by atoms with Crippen LogP contribution in [-0.4, -0.2) is 32.2 Å². The van der Waals surface area contributed by atoms with E-state index in [1.165, 1.54) is 11.3 Å². The number of thiazole rings is 1. The molecule has 2 aromatic carbocycles. The summed E-state index contributed by atoms with van der Waals surface area (Å²) in [4.78, 5) is 18.2. The molecular weight excluding hydrogens is 388 g/mol. The molecule has 0 atom stereocenters. The summed E-state index contributed by atoms with van der Waals surface area (Å²) in [6.45, 7) is 3.99. The Morgan fingerprint density at radius 1 is 0.966 bits per heavy atom. The SMILES string of the molecule is COc1ccc(-c2nc(NC(=O)Cc3ccc(OC)c(OC)c3)sc2C)cc1C. The van der Waals surface area contributed by atoms with Gasteiger partial charge in [0.05, 0.1) is 33.4 Å². The van der Waals surface area contributed by atoms with E-state index < -0.39 is 0 Å². The van der Waals surface area contributed by atoms with E-state index in [4.69, 9.17) is 14.2 Å². The van der Waals surface area contributed by atoms with Crippen LogP contribution in [0.4, 0.5) is 5.13 Å². The van der Waals surface area contributed by atoms with Crippen LogP contribution in [0.15, 0.2) is 36.4 Å². The van der Waals surface area contributed by atoms with Crippen LogP contribution in [0.5, 0.6) is 17.2 Å². The van der Waals surface area contributed by atoms with Crippen molar-refractivity contribution in [2.24, 2.45) is 0 Å². The summed E-state index contributed by atoms with van der Waals surface area (Å²) in [6.07, 6.45) is 0.218. The molecule has 0 saturated heterocycles. The predicted molar refractivity (Wildman–Crippen MR) is 115 cm³/mol. The number of anilines is 1. The monoisotopic (exact) mass is 412 g/mol. The lowest BCUT2D eigenvalue weighted by Crippen LogP contribution is -2.14. The zero-order valence-electron chi connectivity index (χ0n) is 17.2. The van der Waals surface area contributed by atoms with Crippen LogP contribution < -0.4 is 19.5 Å². The lowest BCUT2D eigenvalue weighted by atomic mass is 10.1. The number of carbonyl (C=O) groups excluding carboxylic acids is 1. The van der Waals surface area contributed by atoms with Gasteiger partial charge in [0, 0.05) is 10.4 Å². The maximum atomic E-state index is 12.5. The molecule has 3 aromatic rings. The van der Waals surface area contributed by atoms with Crippen LogP contribution in [0, 0.1) is 13.8 Å². The van der Waals surface area contributed by atoms with Gasteiger partial charge in [-0.2, -0.15) is 0 Å². The van der Waals surface area contributed by atoms with Gasteiger partial charge >= 0.3 is 0 Å². The summed E-state index contributed by atoms with van der Waals surface area (Å²) in [6, 6.07) is 11.4. The highest BCUT2D eigenvalue weighted by molar-refractivity contribution is 7.16. The van der Waals surface area contributed by atoms with Gasteiger partial charge in [-0.25, -0.2) is 4.98 Å². The van der Waals surface area contributed by atoms with Crippen molar-refractivity contribution in [3.63, 3.8) is 0 Å². The second-order valence-corrected chi connectivity index (χ2v) is 7.73. The Morgan fingerprint density at radius 3 is 2.31 bits per heavy atom. The van der Waals surface area contributed by atoms with Crippen molar-refractivity contribution >= 4 is 22.4 Å². The third-order valence-electron chi connectivity index (χ3n) is 4.52. The number of nitrogens with one attached hydrogen (secondary N) is 1. The smallest absolute Gasteiger partial charge is 0.230 e. The van der Waals surface area contributed by atoms with Crippen LogP contribution in [0.2, 0.25) is 0 Å². The molecule has 0 fully saturated rings. The normalized spacial score (nSPS) is 10.5. The minimum Gasteiger partial charge on any atom is -0.496 e. The van der Waals surface area contributed by atoms with Crippen LogP contribution in [-0.2, 0) is 11.2 Å². The number of hydrogen-bond donors (Lipinski definition) is 1. The molecule has 0 aliphatic heterocycles. The Kier molecular flexibility index (Phi) is 6.39. The molecule has 0 unspecified atom stereocenters. The summed E-state index contributed by atoms with van der Waals surface area (Å²) in [5.74, 6) is 1.93. The van der Waals surface area contributed by atoms with Gasteiger partial charge in [0.2, 0.25) is 5.91 Å². The number of amides is 1. The van der Waals surface area contributed by atoms with Gasteiger partial charge < -0.3 is 19.5 Å². The largest absolute Gasteiger partial charge is 0.496 e. The van der Waals surface area contributed by atoms with Gasteiger partial charge in [0.15, 0.2) is 16.6 Å². The zero-order valence-corrected chi connectivity index (χ0v) is 18.0. The lowest BCUT2D eigenvalue weighted by molar-refractivity contribution is -0.115. The van der Waals surface area contributed by atoms with Gasteiger partial charge in [-0.05, 0) is 55.3 Å². The number of carbonyl (C=O) groups is 1. The second-order valence-electron chi connectivity index (χ2n) is 6.52. The molecule has 0 aliphatic carbocycles. The first-order chi connectivity index (χ1) is 13.9. The number of benzene rings is 2. The quantitative estimate of drug-likeness (QED) is 0.612.